The lowest BCUT2D eigenvalue weighted by Gasteiger charge is -2.19. The van der Waals surface area contributed by atoms with E-state index in [0.717, 1.165) is 26.9 Å². The number of thiophene rings is 1. The van der Waals surface area contributed by atoms with Gasteiger partial charge in [0.1, 0.15) is 4.34 Å². The van der Waals surface area contributed by atoms with Crippen LogP contribution >= 0.6 is 45.9 Å². The monoisotopic (exact) mass is 447 g/mol. The number of benzene rings is 1. The molecule has 0 aliphatic heterocycles. The third-order valence-electron chi connectivity index (χ3n) is 4.24. The Hall–Kier alpha value is -1.99. The number of carbonyl (C=O) groups is 1. The molecule has 0 radical (unpaired) electrons. The molecule has 8 heteroatoms. The lowest BCUT2D eigenvalue weighted by Crippen LogP contribution is -2.30. The van der Waals surface area contributed by atoms with E-state index in [9.17, 15) is 4.79 Å². The van der Waals surface area contributed by atoms with Crippen LogP contribution in [-0.2, 0) is 6.54 Å². The normalized spacial score (nSPS) is 11.1. The molecule has 142 valence electrons. The lowest BCUT2D eigenvalue weighted by molar-refractivity contribution is 0.0985. The SMILES string of the molecule is Cc1cc(C)c2sc(N(Cc3cccnc3)C(=O)c3cc(Cl)sc3Cl)nc2c1. The van der Waals surface area contributed by atoms with Crippen molar-refractivity contribution in [3.63, 3.8) is 0 Å². The molecule has 0 atom stereocenters. The molecule has 1 amide bonds. The molecule has 0 saturated carbocycles. The summed E-state index contributed by atoms with van der Waals surface area (Å²) in [5, 5.41) is 0.621. The highest BCUT2D eigenvalue weighted by Gasteiger charge is 2.25. The fourth-order valence-electron chi connectivity index (χ4n) is 3.01. The van der Waals surface area contributed by atoms with E-state index < -0.39 is 0 Å². The van der Waals surface area contributed by atoms with Crippen molar-refractivity contribution >= 4 is 67.1 Å². The third-order valence-corrected chi connectivity index (χ3v) is 6.95. The zero-order valence-corrected chi connectivity index (χ0v) is 18.2. The van der Waals surface area contributed by atoms with Gasteiger partial charge >= 0.3 is 0 Å². The van der Waals surface area contributed by atoms with E-state index >= 15 is 0 Å². The van der Waals surface area contributed by atoms with Gasteiger partial charge in [0, 0.05) is 12.4 Å². The maximum absolute atomic E-state index is 13.3. The van der Waals surface area contributed by atoms with Gasteiger partial charge in [0.25, 0.3) is 5.91 Å². The van der Waals surface area contributed by atoms with Gasteiger partial charge in [-0.05, 0) is 48.7 Å². The Bertz CT molecular complexity index is 1170. The van der Waals surface area contributed by atoms with Crippen LogP contribution in [0.3, 0.4) is 0 Å². The van der Waals surface area contributed by atoms with Gasteiger partial charge < -0.3 is 0 Å². The molecule has 3 heterocycles. The van der Waals surface area contributed by atoms with Gasteiger partial charge in [-0.25, -0.2) is 4.98 Å². The summed E-state index contributed by atoms with van der Waals surface area (Å²) in [6, 6.07) is 9.53. The summed E-state index contributed by atoms with van der Waals surface area (Å²) in [6.45, 7) is 4.44. The highest BCUT2D eigenvalue weighted by Crippen LogP contribution is 2.36. The first-order valence-electron chi connectivity index (χ1n) is 8.46. The summed E-state index contributed by atoms with van der Waals surface area (Å²) in [4.78, 5) is 23.9. The number of fused-ring (bicyclic) bond motifs is 1. The molecule has 4 nitrogen and oxygen atoms in total. The molecule has 3 aromatic heterocycles. The van der Waals surface area contributed by atoms with E-state index in [0.29, 0.717) is 25.9 Å². The van der Waals surface area contributed by atoms with Crippen LogP contribution in [0.15, 0.2) is 42.7 Å². The molecule has 28 heavy (non-hydrogen) atoms. The number of rotatable bonds is 4. The second-order valence-corrected chi connectivity index (χ2v) is 9.68. The van der Waals surface area contributed by atoms with E-state index in [1.54, 1.807) is 23.4 Å². The fraction of sp³-hybridized carbons (Fsp3) is 0.150. The zero-order valence-electron chi connectivity index (χ0n) is 15.1. The maximum atomic E-state index is 13.3. The first kappa shape index (κ1) is 19.3. The number of halogens is 2. The number of aryl methyl sites for hydroxylation is 2. The summed E-state index contributed by atoms with van der Waals surface area (Å²) in [5.41, 5.74) is 4.45. The molecule has 4 aromatic rings. The molecule has 0 aliphatic rings. The van der Waals surface area contributed by atoms with Crippen LogP contribution in [0.4, 0.5) is 5.13 Å². The number of pyridine rings is 1. The van der Waals surface area contributed by atoms with Gasteiger partial charge in [0.2, 0.25) is 0 Å². The molecule has 0 bridgehead atoms. The highest BCUT2D eigenvalue weighted by molar-refractivity contribution is 7.22. The van der Waals surface area contributed by atoms with Gasteiger partial charge in [-0.15, -0.1) is 11.3 Å². The number of thiazole rings is 1. The van der Waals surface area contributed by atoms with E-state index in [4.69, 9.17) is 28.2 Å². The number of aromatic nitrogens is 2. The second kappa shape index (κ2) is 7.79. The van der Waals surface area contributed by atoms with E-state index in [1.807, 2.05) is 25.1 Å². The zero-order chi connectivity index (χ0) is 19.8. The van der Waals surface area contributed by atoms with Crippen LogP contribution in [0.1, 0.15) is 27.0 Å². The minimum Gasteiger partial charge on any atom is -0.279 e. The molecule has 0 fully saturated rings. The summed E-state index contributed by atoms with van der Waals surface area (Å²) in [6.07, 6.45) is 3.44. The van der Waals surface area contributed by atoms with Crippen molar-refractivity contribution in [1.82, 2.24) is 9.97 Å². The minimum absolute atomic E-state index is 0.231. The largest absolute Gasteiger partial charge is 0.279 e. The number of anilines is 1. The van der Waals surface area contributed by atoms with E-state index in [1.165, 1.54) is 22.7 Å². The maximum Gasteiger partial charge on any atom is 0.262 e. The van der Waals surface area contributed by atoms with Crippen molar-refractivity contribution in [1.29, 1.82) is 0 Å². The Morgan fingerprint density at radius 3 is 2.68 bits per heavy atom. The summed E-state index contributed by atoms with van der Waals surface area (Å²) >= 11 is 15.0. The Morgan fingerprint density at radius 2 is 2.00 bits per heavy atom. The van der Waals surface area contributed by atoms with Crippen LogP contribution in [-0.4, -0.2) is 15.9 Å². The summed E-state index contributed by atoms with van der Waals surface area (Å²) < 4.78 is 1.92. The molecular formula is C20H15Cl2N3OS2. The van der Waals surface area contributed by atoms with Crippen LogP contribution < -0.4 is 4.90 Å². The number of amides is 1. The number of hydrogen-bond acceptors (Lipinski definition) is 5. The Labute approximate surface area is 180 Å². The predicted octanol–water partition coefficient (Wildman–Crippen LogP) is 6.52. The smallest absolute Gasteiger partial charge is 0.262 e. The molecule has 0 unspecified atom stereocenters. The first-order valence-corrected chi connectivity index (χ1v) is 10.8. The third kappa shape index (κ3) is 3.78. The Kier molecular flexibility index (Phi) is 5.38. The molecule has 0 N–H and O–H groups in total. The topological polar surface area (TPSA) is 46.1 Å². The molecule has 0 spiro atoms. The molecule has 0 aliphatic carbocycles. The molecule has 4 rings (SSSR count). The van der Waals surface area contributed by atoms with Crippen LogP contribution in [0, 0.1) is 13.8 Å². The van der Waals surface area contributed by atoms with Gasteiger partial charge in [-0.3, -0.25) is 14.7 Å². The standard InChI is InChI=1S/C20H15Cl2N3OS2/c1-11-6-12(2)17-15(7-11)24-20(28-17)25(10-13-4-3-5-23-9-13)19(26)14-8-16(21)27-18(14)22/h3-9H,10H2,1-2H3. The highest BCUT2D eigenvalue weighted by atomic mass is 35.5. The molecule has 0 saturated heterocycles. The minimum atomic E-state index is -0.231. The quantitative estimate of drug-likeness (QED) is 0.357. The predicted molar refractivity (Wildman–Crippen MR) is 118 cm³/mol. The lowest BCUT2D eigenvalue weighted by atomic mass is 10.1. The van der Waals surface area contributed by atoms with Crippen LogP contribution in [0.25, 0.3) is 10.2 Å². The molecular weight excluding hydrogens is 433 g/mol. The second-order valence-electron chi connectivity index (χ2n) is 6.42. The molecule has 1 aromatic carbocycles. The van der Waals surface area contributed by atoms with Crippen molar-refractivity contribution in [2.45, 2.75) is 20.4 Å². The Balaban J connectivity index is 1.82. The van der Waals surface area contributed by atoms with Gasteiger partial charge in [0.05, 0.1) is 26.7 Å². The van der Waals surface area contributed by atoms with Crippen molar-refractivity contribution in [2.24, 2.45) is 0 Å². The van der Waals surface area contributed by atoms with Gasteiger partial charge in [-0.2, -0.15) is 0 Å². The van der Waals surface area contributed by atoms with Crippen molar-refractivity contribution in [2.75, 3.05) is 4.90 Å². The summed E-state index contributed by atoms with van der Waals surface area (Å²) in [7, 11) is 0. The van der Waals surface area contributed by atoms with Crippen LogP contribution in [0.5, 0.6) is 0 Å². The van der Waals surface area contributed by atoms with E-state index in [-0.39, 0.29) is 5.91 Å². The van der Waals surface area contributed by atoms with Crippen molar-refractivity contribution < 1.29 is 4.79 Å². The van der Waals surface area contributed by atoms with E-state index in [2.05, 4.69) is 18.0 Å². The van der Waals surface area contributed by atoms with Crippen molar-refractivity contribution in [3.8, 4) is 0 Å². The fourth-order valence-corrected chi connectivity index (χ4v) is 5.47. The average Bonchev–Trinajstić information content (AvgIpc) is 3.22. The number of carbonyl (C=O) groups excluding carboxylic acids is 1. The summed E-state index contributed by atoms with van der Waals surface area (Å²) in [5.74, 6) is -0.231. The van der Waals surface area contributed by atoms with Gasteiger partial charge in [0.15, 0.2) is 5.13 Å². The number of nitrogens with zero attached hydrogens (tertiary/aromatic N) is 3. The van der Waals surface area contributed by atoms with Crippen LogP contribution in [0.2, 0.25) is 8.67 Å². The Morgan fingerprint density at radius 1 is 1.18 bits per heavy atom. The van der Waals surface area contributed by atoms with Gasteiger partial charge in [-0.1, -0.05) is 46.7 Å². The first-order chi connectivity index (χ1) is 13.4. The van der Waals surface area contributed by atoms with Crippen molar-refractivity contribution in [3.05, 3.63) is 73.7 Å². The average molecular weight is 448 g/mol. The number of hydrogen-bond donors (Lipinski definition) is 0.